The Kier molecular flexibility index (Phi) is 11.5. The second-order valence-corrected chi connectivity index (χ2v) is 4.24. The monoisotopic (exact) mass is 223 g/mol. The molecule has 0 aliphatic carbocycles. The van der Waals surface area contributed by atoms with Crippen LogP contribution in [-0.4, -0.2) is 11.8 Å². The lowest BCUT2D eigenvalue weighted by atomic mass is 10.1. The minimum Gasteiger partial charge on any atom is -0.272 e. The lowest BCUT2D eigenvalue weighted by molar-refractivity contribution is -0.117. The van der Waals surface area contributed by atoms with Crippen LogP contribution in [0.5, 0.6) is 0 Å². The molecule has 0 N–H and O–H groups in total. The predicted octanol–water partition coefficient (Wildman–Crippen LogP) is 4.29. The molecule has 0 fully saturated rings. The molecule has 0 aromatic carbocycles. The molecule has 0 atom stereocenters. The summed E-state index contributed by atoms with van der Waals surface area (Å²) in [7, 11) is 0. The van der Waals surface area contributed by atoms with E-state index in [1.807, 2.05) is 0 Å². The number of aliphatic imine (C=N–C) groups is 1. The third kappa shape index (κ3) is 11.2. The molecule has 92 valence electrons. The first kappa shape index (κ1) is 15.1. The van der Waals surface area contributed by atoms with Crippen LogP contribution in [-0.2, 0) is 4.79 Å². The van der Waals surface area contributed by atoms with E-state index in [1.54, 1.807) is 0 Å². The first-order valence-corrected chi connectivity index (χ1v) is 6.57. The van der Waals surface area contributed by atoms with Gasteiger partial charge in [-0.25, -0.2) is 0 Å². The van der Waals surface area contributed by atoms with Gasteiger partial charge in [-0.15, -0.1) is 0 Å². The first-order valence-electron chi connectivity index (χ1n) is 6.57. The minimum absolute atomic E-state index is 0.0852. The molecule has 0 rings (SSSR count). The Morgan fingerprint density at radius 3 is 2.00 bits per heavy atom. The minimum atomic E-state index is -0.0852. The predicted molar refractivity (Wildman–Crippen MR) is 69.9 cm³/mol. The number of unbranched alkanes of at least 4 members (excludes halogenated alkanes) is 8. The second kappa shape index (κ2) is 12.2. The molecule has 0 saturated carbocycles. The summed E-state index contributed by atoms with van der Waals surface area (Å²) in [6.45, 7) is 5.52. The smallest absolute Gasteiger partial charge is 0.253 e. The van der Waals surface area contributed by atoms with Crippen molar-refractivity contribution in [1.29, 1.82) is 0 Å². The van der Waals surface area contributed by atoms with Crippen molar-refractivity contribution in [3.8, 4) is 0 Å². The van der Waals surface area contributed by atoms with Crippen LogP contribution in [0.15, 0.2) is 11.6 Å². The van der Waals surface area contributed by atoms with Gasteiger partial charge in [0, 0.05) is 6.42 Å². The maximum absolute atomic E-state index is 11.0. The summed E-state index contributed by atoms with van der Waals surface area (Å²) >= 11 is 0. The Morgan fingerprint density at radius 1 is 1.00 bits per heavy atom. The Balaban J connectivity index is 3.09. The number of carbonyl (C=O) groups is 1. The summed E-state index contributed by atoms with van der Waals surface area (Å²) in [5.74, 6) is 2.19. The van der Waals surface area contributed by atoms with E-state index in [-0.39, 0.29) is 5.91 Å². The molecule has 0 bridgehead atoms. The summed E-state index contributed by atoms with van der Waals surface area (Å²) in [4.78, 5) is 14.5. The summed E-state index contributed by atoms with van der Waals surface area (Å²) in [6.07, 6.45) is 12.0. The van der Waals surface area contributed by atoms with Crippen LogP contribution >= 0.6 is 0 Å². The van der Waals surface area contributed by atoms with E-state index < -0.39 is 0 Å². The van der Waals surface area contributed by atoms with Crippen LogP contribution in [0.3, 0.4) is 0 Å². The Morgan fingerprint density at radius 2 is 1.50 bits per heavy atom. The van der Waals surface area contributed by atoms with Gasteiger partial charge in [-0.2, -0.15) is 4.99 Å². The second-order valence-electron chi connectivity index (χ2n) is 4.24. The number of rotatable bonds is 10. The zero-order valence-electron chi connectivity index (χ0n) is 10.6. The number of carbonyl (C=O) groups excluding carboxylic acids is 1. The van der Waals surface area contributed by atoms with Gasteiger partial charge in [0.1, 0.15) is 0 Å². The molecule has 0 aliphatic heterocycles. The maximum Gasteiger partial charge on any atom is 0.253 e. The molecule has 0 saturated heterocycles. The van der Waals surface area contributed by atoms with E-state index in [0.717, 1.165) is 12.8 Å². The van der Waals surface area contributed by atoms with Gasteiger partial charge in [0.15, 0.2) is 0 Å². The average Bonchev–Trinajstić information content (AvgIpc) is 2.27. The molecule has 0 heterocycles. The molecule has 0 aromatic heterocycles. The van der Waals surface area contributed by atoms with Crippen molar-refractivity contribution in [2.45, 2.75) is 71.1 Å². The van der Waals surface area contributed by atoms with Crippen molar-refractivity contribution >= 4 is 11.8 Å². The first-order chi connectivity index (χ1) is 7.81. The van der Waals surface area contributed by atoms with Crippen molar-refractivity contribution < 1.29 is 4.79 Å². The lowest BCUT2D eigenvalue weighted by Gasteiger charge is -2.00. The van der Waals surface area contributed by atoms with Crippen molar-refractivity contribution in [1.82, 2.24) is 0 Å². The van der Waals surface area contributed by atoms with Crippen molar-refractivity contribution in [2.75, 3.05) is 0 Å². The van der Waals surface area contributed by atoms with E-state index in [9.17, 15) is 4.79 Å². The highest BCUT2D eigenvalue weighted by Gasteiger charge is 1.97. The zero-order chi connectivity index (χ0) is 12.1. The highest BCUT2D eigenvalue weighted by atomic mass is 16.1. The normalized spacial score (nSPS) is 9.81. The Bertz CT molecular complexity index is 217. The standard InChI is InChI=1S/C14H25NO/c1-3-5-6-7-8-9-10-11-12-13-14(16)15-4-2/h2-3,5-13H2,1H3. The van der Waals surface area contributed by atoms with E-state index in [1.165, 1.54) is 44.9 Å². The van der Waals surface area contributed by atoms with Gasteiger partial charge in [0.05, 0.1) is 0 Å². The average molecular weight is 223 g/mol. The highest BCUT2D eigenvalue weighted by Crippen LogP contribution is 2.10. The lowest BCUT2D eigenvalue weighted by Crippen LogP contribution is -1.92. The zero-order valence-corrected chi connectivity index (χ0v) is 10.6. The molecule has 0 aromatic rings. The van der Waals surface area contributed by atoms with Crippen LogP contribution in [0, 0.1) is 0 Å². The molecule has 0 aliphatic rings. The Hall–Kier alpha value is -0.880. The molecule has 0 unspecified atom stereocenters. The van der Waals surface area contributed by atoms with Crippen molar-refractivity contribution in [2.24, 2.45) is 4.99 Å². The quantitative estimate of drug-likeness (QED) is 0.401. The summed E-state index contributed by atoms with van der Waals surface area (Å²) in [5, 5.41) is 0. The SMILES string of the molecule is C=C=NC(=O)CCCCCCCCCCC. The van der Waals surface area contributed by atoms with E-state index >= 15 is 0 Å². The molecule has 0 radical (unpaired) electrons. The summed E-state index contributed by atoms with van der Waals surface area (Å²) in [5.41, 5.74) is 0. The Labute approximate surface area is 99.9 Å². The fraction of sp³-hybridized carbons (Fsp3) is 0.786. The van der Waals surface area contributed by atoms with Gasteiger partial charge in [-0.3, -0.25) is 4.79 Å². The van der Waals surface area contributed by atoms with Gasteiger partial charge in [0.2, 0.25) is 0 Å². The van der Waals surface area contributed by atoms with Crippen LogP contribution in [0.25, 0.3) is 0 Å². The third-order valence-electron chi connectivity index (χ3n) is 2.70. The molecule has 2 heteroatoms. The van der Waals surface area contributed by atoms with E-state index in [0.29, 0.717) is 6.42 Å². The van der Waals surface area contributed by atoms with Gasteiger partial charge >= 0.3 is 0 Å². The molecular formula is C14H25NO. The summed E-state index contributed by atoms with van der Waals surface area (Å²) in [6, 6.07) is 0. The molecule has 0 spiro atoms. The topological polar surface area (TPSA) is 29.4 Å². The van der Waals surface area contributed by atoms with Gasteiger partial charge in [-0.05, 0) is 18.9 Å². The number of hydrogen-bond donors (Lipinski definition) is 0. The fourth-order valence-corrected chi connectivity index (χ4v) is 1.73. The van der Waals surface area contributed by atoms with Crippen molar-refractivity contribution in [3.05, 3.63) is 6.58 Å². The van der Waals surface area contributed by atoms with Crippen molar-refractivity contribution in [3.63, 3.8) is 0 Å². The largest absolute Gasteiger partial charge is 0.272 e. The van der Waals surface area contributed by atoms with Crippen LogP contribution in [0.4, 0.5) is 0 Å². The number of nitrogens with zero attached hydrogens (tertiary/aromatic N) is 1. The van der Waals surface area contributed by atoms with Gasteiger partial charge in [-0.1, -0.05) is 58.3 Å². The molecule has 2 nitrogen and oxygen atoms in total. The number of amides is 1. The fourth-order valence-electron chi connectivity index (χ4n) is 1.73. The van der Waals surface area contributed by atoms with Gasteiger partial charge < -0.3 is 0 Å². The molecular weight excluding hydrogens is 198 g/mol. The van der Waals surface area contributed by atoms with Crippen LogP contribution in [0.2, 0.25) is 0 Å². The highest BCUT2D eigenvalue weighted by molar-refractivity contribution is 5.82. The maximum atomic E-state index is 11.0. The number of hydrogen-bond acceptors (Lipinski definition) is 1. The van der Waals surface area contributed by atoms with Crippen LogP contribution in [0.1, 0.15) is 71.1 Å². The summed E-state index contributed by atoms with van der Waals surface area (Å²) < 4.78 is 0. The van der Waals surface area contributed by atoms with Crippen LogP contribution < -0.4 is 0 Å². The van der Waals surface area contributed by atoms with E-state index in [2.05, 4.69) is 24.4 Å². The molecule has 16 heavy (non-hydrogen) atoms. The molecule has 1 amide bonds. The third-order valence-corrected chi connectivity index (χ3v) is 2.70. The van der Waals surface area contributed by atoms with E-state index in [4.69, 9.17) is 0 Å². The van der Waals surface area contributed by atoms with Gasteiger partial charge in [0.25, 0.3) is 5.91 Å².